The number of amides is 4. The van der Waals surface area contributed by atoms with Crippen molar-refractivity contribution in [3.8, 4) is 11.8 Å². The van der Waals surface area contributed by atoms with Crippen LogP contribution in [0.1, 0.15) is 50.8 Å². The van der Waals surface area contributed by atoms with Crippen molar-refractivity contribution >= 4 is 64.2 Å². The maximum absolute atomic E-state index is 13.6. The average Bonchev–Trinajstić information content (AvgIpc) is 3.36. The van der Waals surface area contributed by atoms with Crippen LogP contribution in [-0.2, 0) is 25.4 Å². The van der Waals surface area contributed by atoms with Crippen LogP contribution in [0.4, 0.5) is 30.2 Å². The molecule has 4 amide bonds. The number of likely N-dealkylation sites (tertiary alicyclic amines) is 1. The first kappa shape index (κ1) is 40.3. The summed E-state index contributed by atoms with van der Waals surface area (Å²) in [5.41, 5.74) is -0.807. The summed E-state index contributed by atoms with van der Waals surface area (Å²) in [6, 6.07) is 16.1. The highest BCUT2D eigenvalue weighted by Crippen LogP contribution is 2.51. The predicted octanol–water partition coefficient (Wildman–Crippen LogP) is 4.95. The molecule has 3 aliphatic rings. The van der Waals surface area contributed by atoms with Crippen LogP contribution in [0.5, 0.6) is 5.75 Å². The van der Waals surface area contributed by atoms with E-state index in [2.05, 4.69) is 30.7 Å². The van der Waals surface area contributed by atoms with Crippen molar-refractivity contribution in [2.24, 2.45) is 5.92 Å². The highest BCUT2D eigenvalue weighted by molar-refractivity contribution is 8.17. The summed E-state index contributed by atoms with van der Waals surface area (Å²) in [6.45, 7) is 5.65. The number of alkyl halides is 3. The predicted molar refractivity (Wildman–Crippen MR) is 199 cm³/mol. The van der Waals surface area contributed by atoms with E-state index < -0.39 is 45.2 Å². The normalized spacial score (nSPS) is 21.1. The minimum atomic E-state index is -4.81. The highest BCUT2D eigenvalue weighted by atomic mass is 35.5. The Labute approximate surface area is 318 Å². The molecule has 0 saturated carbocycles. The zero-order chi connectivity index (χ0) is 37.9. The molecule has 13 nitrogen and oxygen atoms in total. The number of anilines is 3. The van der Waals surface area contributed by atoms with E-state index in [1.807, 2.05) is 24.3 Å². The summed E-state index contributed by atoms with van der Waals surface area (Å²) in [5, 5.41) is 18.5. The largest absolute Gasteiger partial charge is 0.493 e. The lowest BCUT2D eigenvalue weighted by Crippen LogP contribution is -2.47. The number of nitrogens with zero attached hydrogens (tertiary/aromatic N) is 4. The zero-order valence-electron chi connectivity index (χ0n) is 29.4. The molecule has 2 aromatic carbocycles. The summed E-state index contributed by atoms with van der Waals surface area (Å²) in [5.74, 6) is -0.281. The maximum Gasteiger partial charge on any atom is 0.419 e. The van der Waals surface area contributed by atoms with Gasteiger partial charge in [0, 0.05) is 22.7 Å². The molecule has 2 unspecified atom stereocenters. The Morgan fingerprint density at radius 3 is 2.44 bits per heavy atom. The standard InChI is InChI=1S/C36H39F3N8O5S.ClH/c1-35(2)34(51)47(25-17-28(36(37,38)39)30(18-40)41-19-25)45-53(35)27-8-6-26(7-9-27)52-21-22-12-14-46(15-13-22)20-32(49)43-24-5-3-4-23(16-24)42-29-10-11-31(48)44-33(29)50;/h3-9,16-17,19,22,29,42,45,53H,10-15,20-21H2,1-2H3,(H,43,49)(H,44,48,50);1H. The van der Waals surface area contributed by atoms with Crippen LogP contribution in [0.25, 0.3) is 0 Å². The number of halogens is 4. The fraction of sp³-hybridized carbons (Fsp3) is 0.389. The van der Waals surface area contributed by atoms with Crippen LogP contribution in [0.15, 0.2) is 65.7 Å². The van der Waals surface area contributed by atoms with Crippen LogP contribution in [0, 0.1) is 17.2 Å². The molecule has 3 aromatic rings. The molecule has 6 rings (SSSR count). The van der Waals surface area contributed by atoms with E-state index >= 15 is 0 Å². The molecule has 54 heavy (non-hydrogen) atoms. The van der Waals surface area contributed by atoms with Crippen LogP contribution in [-0.4, -0.2) is 70.5 Å². The van der Waals surface area contributed by atoms with Gasteiger partial charge in [0.1, 0.15) is 17.9 Å². The summed E-state index contributed by atoms with van der Waals surface area (Å²) in [4.78, 5) is 59.3. The van der Waals surface area contributed by atoms with Gasteiger partial charge in [-0.1, -0.05) is 6.07 Å². The van der Waals surface area contributed by atoms with Gasteiger partial charge in [-0.3, -0.25) is 29.4 Å². The summed E-state index contributed by atoms with van der Waals surface area (Å²) in [6.07, 6.45) is -1.37. The number of carbonyl (C=O) groups is 4. The number of thiol groups is 1. The Hall–Kier alpha value is -4.89. The van der Waals surface area contributed by atoms with Gasteiger partial charge in [0.15, 0.2) is 5.69 Å². The van der Waals surface area contributed by atoms with Gasteiger partial charge in [-0.15, -0.1) is 23.5 Å². The van der Waals surface area contributed by atoms with Crippen molar-refractivity contribution in [1.82, 2.24) is 20.0 Å². The second kappa shape index (κ2) is 16.6. The van der Waals surface area contributed by atoms with Gasteiger partial charge < -0.3 is 15.4 Å². The number of hydrogen-bond acceptors (Lipinski definition) is 10. The zero-order valence-corrected chi connectivity index (χ0v) is 31.1. The Morgan fingerprint density at radius 1 is 1.07 bits per heavy atom. The Morgan fingerprint density at radius 2 is 1.78 bits per heavy atom. The lowest BCUT2D eigenvalue weighted by molar-refractivity contribution is -0.138. The van der Waals surface area contributed by atoms with Crippen LogP contribution < -0.4 is 30.5 Å². The highest BCUT2D eigenvalue weighted by Gasteiger charge is 2.47. The minimum Gasteiger partial charge on any atom is -0.493 e. The number of aromatic nitrogens is 1. The molecular formula is C36H40ClF3N8O5S. The van der Waals surface area contributed by atoms with Crippen molar-refractivity contribution in [1.29, 1.82) is 5.26 Å². The van der Waals surface area contributed by atoms with Gasteiger partial charge in [-0.05, 0) is 101 Å². The lowest BCUT2D eigenvalue weighted by Gasteiger charge is -2.31. The van der Waals surface area contributed by atoms with E-state index in [1.54, 1.807) is 38.1 Å². The smallest absolute Gasteiger partial charge is 0.419 e. The van der Waals surface area contributed by atoms with Crippen molar-refractivity contribution in [3.05, 3.63) is 72.1 Å². The van der Waals surface area contributed by atoms with Gasteiger partial charge in [0.05, 0.1) is 35.3 Å². The molecule has 3 aliphatic heterocycles. The number of hydrazine groups is 1. The number of benzene rings is 2. The first-order valence-corrected chi connectivity index (χ1v) is 18.4. The fourth-order valence-electron chi connectivity index (χ4n) is 6.42. The molecular weight excluding hydrogens is 749 g/mol. The number of rotatable bonds is 10. The second-order valence-electron chi connectivity index (χ2n) is 13.6. The van der Waals surface area contributed by atoms with Crippen molar-refractivity contribution < 1.29 is 37.1 Å². The molecule has 1 aromatic heterocycles. The molecule has 4 N–H and O–H groups in total. The monoisotopic (exact) mass is 788 g/mol. The van der Waals surface area contributed by atoms with Crippen molar-refractivity contribution in [2.45, 2.75) is 61.4 Å². The summed E-state index contributed by atoms with van der Waals surface area (Å²) < 4.78 is 45.8. The van der Waals surface area contributed by atoms with E-state index in [0.29, 0.717) is 30.2 Å². The molecule has 288 valence electrons. The third-order valence-electron chi connectivity index (χ3n) is 9.41. The second-order valence-corrected chi connectivity index (χ2v) is 16.1. The molecule has 0 spiro atoms. The molecule has 3 fully saturated rings. The number of imide groups is 1. The van der Waals surface area contributed by atoms with Crippen LogP contribution in [0.2, 0.25) is 0 Å². The third-order valence-corrected chi connectivity index (χ3v) is 11.9. The third kappa shape index (κ3) is 9.24. The first-order valence-electron chi connectivity index (χ1n) is 17.0. The summed E-state index contributed by atoms with van der Waals surface area (Å²) in [7, 11) is 0. The molecule has 18 heteroatoms. The Kier molecular flexibility index (Phi) is 12.4. The van der Waals surface area contributed by atoms with Gasteiger partial charge in [-0.2, -0.15) is 23.3 Å². The van der Waals surface area contributed by atoms with E-state index in [1.165, 1.54) is 6.07 Å². The number of nitrogens with one attached hydrogen (secondary N) is 4. The fourth-order valence-corrected chi connectivity index (χ4v) is 8.57. The Bertz CT molecular complexity index is 1940. The lowest BCUT2D eigenvalue weighted by atomic mass is 9.98. The van der Waals surface area contributed by atoms with Gasteiger partial charge >= 0.3 is 6.18 Å². The van der Waals surface area contributed by atoms with Crippen molar-refractivity contribution in [3.63, 3.8) is 0 Å². The number of pyridine rings is 1. The average molecular weight is 789 g/mol. The molecule has 0 radical (unpaired) electrons. The summed E-state index contributed by atoms with van der Waals surface area (Å²) >= 11 is -1.38. The molecule has 2 atom stereocenters. The molecule has 0 aliphatic carbocycles. The number of ether oxygens (including phenoxy) is 1. The van der Waals surface area contributed by atoms with Crippen molar-refractivity contribution in [2.75, 3.05) is 41.9 Å². The van der Waals surface area contributed by atoms with E-state index in [-0.39, 0.29) is 54.7 Å². The number of piperidine rings is 2. The SMILES string of the molecule is CC1(C)C(=O)N(c2cnc(C#N)c(C(F)(F)F)c2)N[SH]1c1ccc(OCC2CCN(CC(=O)Nc3cccc(NC4CCC(=O)NC4=O)c3)CC2)cc1.Cl. The molecule has 0 bridgehead atoms. The van der Waals surface area contributed by atoms with Gasteiger partial charge in [0.2, 0.25) is 17.7 Å². The number of carbonyl (C=O) groups excluding carboxylic acids is 4. The number of nitriles is 1. The Balaban J connectivity index is 0.00000561. The minimum absolute atomic E-state index is 0. The van der Waals surface area contributed by atoms with Crippen LogP contribution >= 0.6 is 23.5 Å². The van der Waals surface area contributed by atoms with Gasteiger partial charge in [-0.25, -0.2) is 9.99 Å². The maximum atomic E-state index is 13.6. The molecule has 4 heterocycles. The van der Waals surface area contributed by atoms with Crippen LogP contribution in [0.3, 0.4) is 0 Å². The molecule has 3 saturated heterocycles. The van der Waals surface area contributed by atoms with E-state index in [0.717, 1.165) is 48.1 Å². The number of hydrogen-bond donors (Lipinski definition) is 5. The first-order chi connectivity index (χ1) is 25.2. The van der Waals surface area contributed by atoms with E-state index in [9.17, 15) is 32.3 Å². The quantitative estimate of drug-likeness (QED) is 0.140. The van der Waals surface area contributed by atoms with Gasteiger partial charge in [0.25, 0.3) is 5.91 Å². The van der Waals surface area contributed by atoms with E-state index in [4.69, 9.17) is 10.00 Å². The topological polar surface area (TPSA) is 169 Å².